The first-order chi connectivity index (χ1) is 7.84. The third kappa shape index (κ3) is 3.34. The van der Waals surface area contributed by atoms with E-state index in [-0.39, 0.29) is 0 Å². The minimum atomic E-state index is 0.422. The van der Waals surface area contributed by atoms with Crippen molar-refractivity contribution in [1.82, 2.24) is 0 Å². The lowest BCUT2D eigenvalue weighted by Gasteiger charge is -2.04. The number of ketones is 1. The van der Waals surface area contributed by atoms with Gasteiger partial charge in [0.2, 0.25) is 0 Å². The number of allylic oxidation sites excluding steroid dienone is 2. The lowest BCUT2D eigenvalue weighted by Crippen LogP contribution is -1.94. The summed E-state index contributed by atoms with van der Waals surface area (Å²) < 4.78 is 0. The zero-order valence-electron chi connectivity index (χ0n) is 9.61. The fourth-order valence-corrected chi connectivity index (χ4v) is 2.14. The summed E-state index contributed by atoms with van der Waals surface area (Å²) >= 11 is 0. The van der Waals surface area contributed by atoms with Crippen LogP contribution in [0.3, 0.4) is 0 Å². The van der Waals surface area contributed by atoms with Crippen LogP contribution in [0.15, 0.2) is 42.0 Å². The lowest BCUT2D eigenvalue weighted by molar-refractivity contribution is -0.118. The molecule has 0 atom stereocenters. The molecule has 2 rings (SSSR count). The van der Waals surface area contributed by atoms with E-state index in [1.807, 2.05) is 6.07 Å². The largest absolute Gasteiger partial charge is 0.300 e. The van der Waals surface area contributed by atoms with Crippen molar-refractivity contribution in [3.05, 3.63) is 47.5 Å². The van der Waals surface area contributed by atoms with E-state index < -0.39 is 0 Å². The van der Waals surface area contributed by atoms with Crippen molar-refractivity contribution in [3.63, 3.8) is 0 Å². The molecular formula is C15H18O. The Balaban J connectivity index is 1.86. The van der Waals surface area contributed by atoms with Crippen molar-refractivity contribution in [1.29, 1.82) is 0 Å². The maximum atomic E-state index is 11.3. The highest BCUT2D eigenvalue weighted by atomic mass is 16.1. The summed E-state index contributed by atoms with van der Waals surface area (Å²) in [7, 11) is 0. The van der Waals surface area contributed by atoms with Crippen molar-refractivity contribution < 1.29 is 4.79 Å². The number of benzene rings is 1. The molecule has 1 aliphatic rings. The minimum Gasteiger partial charge on any atom is -0.300 e. The predicted octanol–water partition coefficient (Wildman–Crippen LogP) is 3.69. The van der Waals surface area contributed by atoms with Crippen LogP contribution < -0.4 is 0 Å². The fourth-order valence-electron chi connectivity index (χ4n) is 2.14. The maximum Gasteiger partial charge on any atom is 0.133 e. The molecule has 0 heterocycles. The highest BCUT2D eigenvalue weighted by Gasteiger charge is 2.08. The van der Waals surface area contributed by atoms with Gasteiger partial charge in [-0.05, 0) is 31.2 Å². The molecule has 1 aromatic rings. The van der Waals surface area contributed by atoms with Crippen molar-refractivity contribution in [2.45, 2.75) is 38.5 Å². The summed E-state index contributed by atoms with van der Waals surface area (Å²) in [5, 5.41) is 0. The van der Waals surface area contributed by atoms with Crippen molar-refractivity contribution in [3.8, 4) is 0 Å². The summed E-state index contributed by atoms with van der Waals surface area (Å²) in [4.78, 5) is 11.3. The summed E-state index contributed by atoms with van der Waals surface area (Å²) in [5.41, 5.74) is 2.86. The number of rotatable bonds is 3. The molecule has 0 amide bonds. The summed E-state index contributed by atoms with van der Waals surface area (Å²) in [6.45, 7) is 0. The normalized spacial score (nSPS) is 16.8. The van der Waals surface area contributed by atoms with Gasteiger partial charge < -0.3 is 0 Å². The first-order valence-electron chi connectivity index (χ1n) is 6.08. The molecule has 0 aromatic heterocycles. The average molecular weight is 214 g/mol. The molecule has 1 nitrogen and oxygen atoms in total. The van der Waals surface area contributed by atoms with Crippen molar-refractivity contribution in [2.75, 3.05) is 0 Å². The second-order valence-corrected chi connectivity index (χ2v) is 4.43. The molecule has 16 heavy (non-hydrogen) atoms. The molecule has 84 valence electrons. The third-order valence-corrected chi connectivity index (χ3v) is 3.16. The Morgan fingerprint density at radius 2 is 1.75 bits per heavy atom. The minimum absolute atomic E-state index is 0.422. The van der Waals surface area contributed by atoms with Gasteiger partial charge >= 0.3 is 0 Å². The summed E-state index contributed by atoms with van der Waals surface area (Å²) in [6, 6.07) is 10.6. The van der Waals surface area contributed by atoms with Gasteiger partial charge in [-0.2, -0.15) is 0 Å². The van der Waals surface area contributed by atoms with Gasteiger partial charge in [-0.1, -0.05) is 42.0 Å². The molecular weight excluding hydrogens is 196 g/mol. The van der Waals surface area contributed by atoms with Gasteiger partial charge in [0.1, 0.15) is 5.78 Å². The molecule has 0 saturated heterocycles. The van der Waals surface area contributed by atoms with Gasteiger partial charge in [-0.15, -0.1) is 0 Å². The first-order valence-corrected chi connectivity index (χ1v) is 6.08. The van der Waals surface area contributed by atoms with Crippen LogP contribution in [-0.4, -0.2) is 5.78 Å². The predicted molar refractivity (Wildman–Crippen MR) is 66.3 cm³/mol. The number of hydrogen-bond acceptors (Lipinski definition) is 1. The van der Waals surface area contributed by atoms with Gasteiger partial charge in [-0.3, -0.25) is 4.79 Å². The summed E-state index contributed by atoms with van der Waals surface area (Å²) in [5.74, 6) is 0.422. The molecule has 0 radical (unpaired) electrons. The zero-order chi connectivity index (χ0) is 11.2. The van der Waals surface area contributed by atoms with Crippen LogP contribution in [0.4, 0.5) is 0 Å². The molecule has 0 fully saturated rings. The Kier molecular flexibility index (Phi) is 3.92. The van der Waals surface area contributed by atoms with E-state index in [9.17, 15) is 4.79 Å². The molecule has 0 saturated carbocycles. The molecule has 0 N–H and O–H groups in total. The quantitative estimate of drug-likeness (QED) is 0.701. The van der Waals surface area contributed by atoms with Gasteiger partial charge in [0.05, 0.1) is 0 Å². The SMILES string of the molecule is O=C1CCC=C(CCc2ccccc2)CC1. The van der Waals surface area contributed by atoms with E-state index in [4.69, 9.17) is 0 Å². The Hall–Kier alpha value is -1.37. The van der Waals surface area contributed by atoms with E-state index in [0.717, 1.165) is 38.5 Å². The topological polar surface area (TPSA) is 17.1 Å². The highest BCUT2D eigenvalue weighted by molar-refractivity contribution is 5.79. The second kappa shape index (κ2) is 5.64. The number of hydrogen-bond donors (Lipinski definition) is 0. The standard InChI is InChI=1S/C15H18O/c16-15-8-4-7-14(11-12-15)10-9-13-5-2-1-3-6-13/h1-3,5-7H,4,8-12H2. The van der Waals surface area contributed by atoms with Crippen LogP contribution in [-0.2, 0) is 11.2 Å². The summed E-state index contributed by atoms with van der Waals surface area (Å²) in [6.07, 6.45) is 7.90. The number of carbonyl (C=O) groups is 1. The molecule has 0 aliphatic heterocycles. The number of carbonyl (C=O) groups excluding carboxylic acids is 1. The van der Waals surface area contributed by atoms with Crippen molar-refractivity contribution >= 4 is 5.78 Å². The van der Waals surface area contributed by atoms with Crippen LogP contribution >= 0.6 is 0 Å². The molecule has 1 aliphatic carbocycles. The molecule has 0 bridgehead atoms. The Bertz CT molecular complexity index is 376. The number of Topliss-reactive ketones (excluding diaryl/α,β-unsaturated/α-hetero) is 1. The molecule has 0 spiro atoms. The maximum absolute atomic E-state index is 11.3. The number of aryl methyl sites for hydroxylation is 1. The van der Waals surface area contributed by atoms with E-state index in [1.165, 1.54) is 11.1 Å². The van der Waals surface area contributed by atoms with Crippen LogP contribution in [0.2, 0.25) is 0 Å². The Labute approximate surface area is 97.2 Å². The fraction of sp³-hybridized carbons (Fsp3) is 0.400. The Morgan fingerprint density at radius 1 is 0.938 bits per heavy atom. The van der Waals surface area contributed by atoms with Gasteiger partial charge in [-0.25, -0.2) is 0 Å². The van der Waals surface area contributed by atoms with E-state index in [2.05, 4.69) is 30.3 Å². The van der Waals surface area contributed by atoms with Gasteiger partial charge in [0, 0.05) is 12.8 Å². The van der Waals surface area contributed by atoms with Gasteiger partial charge in [0.25, 0.3) is 0 Å². The smallest absolute Gasteiger partial charge is 0.133 e. The van der Waals surface area contributed by atoms with Crippen LogP contribution in [0.1, 0.15) is 37.7 Å². The third-order valence-electron chi connectivity index (χ3n) is 3.16. The van der Waals surface area contributed by atoms with Crippen LogP contribution in [0.25, 0.3) is 0 Å². The van der Waals surface area contributed by atoms with E-state index >= 15 is 0 Å². The lowest BCUT2D eigenvalue weighted by atomic mass is 10.0. The zero-order valence-corrected chi connectivity index (χ0v) is 9.61. The Morgan fingerprint density at radius 3 is 2.56 bits per heavy atom. The first kappa shape index (κ1) is 11.1. The van der Waals surface area contributed by atoms with Gasteiger partial charge in [0.15, 0.2) is 0 Å². The van der Waals surface area contributed by atoms with Crippen LogP contribution in [0.5, 0.6) is 0 Å². The molecule has 1 aromatic carbocycles. The van der Waals surface area contributed by atoms with Crippen LogP contribution in [0, 0.1) is 0 Å². The highest BCUT2D eigenvalue weighted by Crippen LogP contribution is 2.19. The van der Waals surface area contributed by atoms with E-state index in [0.29, 0.717) is 5.78 Å². The van der Waals surface area contributed by atoms with Crippen molar-refractivity contribution in [2.24, 2.45) is 0 Å². The monoisotopic (exact) mass is 214 g/mol. The average Bonchev–Trinajstić information content (AvgIpc) is 2.53. The molecule has 0 unspecified atom stereocenters. The van der Waals surface area contributed by atoms with E-state index in [1.54, 1.807) is 0 Å². The second-order valence-electron chi connectivity index (χ2n) is 4.43. The molecule has 1 heteroatoms.